The molecule has 0 radical (unpaired) electrons. The zero-order valence-corrected chi connectivity index (χ0v) is 12.0. The molecule has 9 nitrogen and oxygen atoms in total. The molecule has 0 spiro atoms. The van der Waals surface area contributed by atoms with Crippen LogP contribution in [0.15, 0.2) is 24.3 Å². The van der Waals surface area contributed by atoms with Gasteiger partial charge >= 0.3 is 12.1 Å². The zero-order chi connectivity index (χ0) is 16.7. The van der Waals surface area contributed by atoms with Crippen molar-refractivity contribution in [3.05, 3.63) is 39.9 Å². The van der Waals surface area contributed by atoms with Crippen LogP contribution in [0.5, 0.6) is 0 Å². The number of non-ortho nitro benzene ring substituents is 1. The van der Waals surface area contributed by atoms with E-state index in [0.717, 1.165) is 7.11 Å². The number of nitro groups is 1. The van der Waals surface area contributed by atoms with Crippen LogP contribution in [-0.2, 0) is 14.3 Å². The number of hydrogen-bond acceptors (Lipinski definition) is 7. The van der Waals surface area contributed by atoms with Crippen molar-refractivity contribution < 1.29 is 29.1 Å². The number of rotatable bonds is 6. The smallest absolute Gasteiger partial charge is 0.407 e. The Bertz CT molecular complexity index is 544. The van der Waals surface area contributed by atoms with E-state index in [9.17, 15) is 24.8 Å². The largest absolute Gasteiger partial charge is 0.467 e. The number of ether oxygens (including phenoxy) is 2. The molecule has 2 N–H and O–H groups in total. The third-order valence-electron chi connectivity index (χ3n) is 2.77. The molecule has 0 aliphatic rings. The number of amides is 1. The van der Waals surface area contributed by atoms with Gasteiger partial charge < -0.3 is 19.9 Å². The van der Waals surface area contributed by atoms with Gasteiger partial charge in [0.15, 0.2) is 6.10 Å². The average Bonchev–Trinajstić information content (AvgIpc) is 2.51. The molecule has 9 heteroatoms. The number of aliphatic hydroxyl groups excluding tert-OH is 1. The first-order valence-electron chi connectivity index (χ1n) is 6.34. The first-order chi connectivity index (χ1) is 10.4. The first-order valence-corrected chi connectivity index (χ1v) is 6.34. The second-order valence-corrected chi connectivity index (χ2v) is 4.16. The van der Waals surface area contributed by atoms with Gasteiger partial charge in [0, 0.05) is 12.1 Å². The van der Waals surface area contributed by atoms with Crippen molar-refractivity contribution in [3.8, 4) is 0 Å². The first kappa shape index (κ1) is 17.4. The number of methoxy groups -OCH3 is 1. The van der Waals surface area contributed by atoms with Crippen LogP contribution < -0.4 is 5.32 Å². The highest BCUT2D eigenvalue weighted by Gasteiger charge is 2.30. The minimum Gasteiger partial charge on any atom is -0.467 e. The summed E-state index contributed by atoms with van der Waals surface area (Å²) in [5.41, 5.74) is 0.128. The van der Waals surface area contributed by atoms with E-state index in [1.165, 1.54) is 24.3 Å². The van der Waals surface area contributed by atoms with Gasteiger partial charge in [0.25, 0.3) is 5.69 Å². The summed E-state index contributed by atoms with van der Waals surface area (Å²) in [6, 6.07) is 3.87. The van der Waals surface area contributed by atoms with Gasteiger partial charge in [-0.25, -0.2) is 9.59 Å². The van der Waals surface area contributed by atoms with Crippen molar-refractivity contribution in [1.82, 2.24) is 5.32 Å². The minimum absolute atomic E-state index is 0.104. The molecule has 1 amide bonds. The summed E-state index contributed by atoms with van der Waals surface area (Å²) in [7, 11) is 1.09. The van der Waals surface area contributed by atoms with E-state index in [0.29, 0.717) is 0 Å². The lowest BCUT2D eigenvalue weighted by Crippen LogP contribution is -2.41. The highest BCUT2D eigenvalue weighted by atomic mass is 16.6. The Balaban J connectivity index is 3.04. The van der Waals surface area contributed by atoms with Crippen molar-refractivity contribution >= 4 is 17.7 Å². The predicted molar refractivity (Wildman–Crippen MR) is 74.0 cm³/mol. The molecule has 0 aliphatic heterocycles. The number of nitro benzene ring substituents is 1. The van der Waals surface area contributed by atoms with Gasteiger partial charge in [-0.05, 0) is 12.5 Å². The van der Waals surface area contributed by atoms with Crippen LogP contribution in [-0.4, -0.2) is 41.9 Å². The second kappa shape index (κ2) is 7.93. The maximum absolute atomic E-state index is 11.5. The fourth-order valence-corrected chi connectivity index (χ4v) is 1.70. The van der Waals surface area contributed by atoms with Gasteiger partial charge in [0.1, 0.15) is 0 Å². The van der Waals surface area contributed by atoms with E-state index >= 15 is 0 Å². The van der Waals surface area contributed by atoms with E-state index in [1.54, 1.807) is 6.92 Å². The summed E-state index contributed by atoms with van der Waals surface area (Å²) >= 11 is 0. The Kier molecular flexibility index (Phi) is 6.26. The number of aliphatic hydroxyl groups is 1. The zero-order valence-electron chi connectivity index (χ0n) is 12.0. The average molecular weight is 312 g/mol. The van der Waals surface area contributed by atoms with Crippen molar-refractivity contribution in [1.29, 1.82) is 0 Å². The van der Waals surface area contributed by atoms with E-state index in [1.807, 2.05) is 0 Å². The fraction of sp³-hybridized carbons (Fsp3) is 0.385. The van der Waals surface area contributed by atoms with E-state index in [2.05, 4.69) is 10.1 Å². The summed E-state index contributed by atoms with van der Waals surface area (Å²) in [5.74, 6) is -0.958. The number of nitrogens with one attached hydrogen (secondary N) is 1. The molecule has 22 heavy (non-hydrogen) atoms. The molecule has 0 heterocycles. The van der Waals surface area contributed by atoms with E-state index in [-0.39, 0.29) is 17.9 Å². The van der Waals surface area contributed by atoms with Gasteiger partial charge in [-0.1, -0.05) is 12.1 Å². The second-order valence-electron chi connectivity index (χ2n) is 4.16. The molecule has 120 valence electrons. The summed E-state index contributed by atoms with van der Waals surface area (Å²) in [6.45, 7) is 1.70. The van der Waals surface area contributed by atoms with Crippen LogP contribution in [0.25, 0.3) is 0 Å². The number of esters is 1. The molecule has 0 bridgehead atoms. The Labute approximate surface area is 126 Å². The Morgan fingerprint density at radius 1 is 1.36 bits per heavy atom. The number of carbonyl (C=O) groups excluding carboxylic acids is 2. The molecular weight excluding hydrogens is 296 g/mol. The highest BCUT2D eigenvalue weighted by Crippen LogP contribution is 2.21. The Hall–Kier alpha value is -2.68. The van der Waals surface area contributed by atoms with Crippen LogP contribution >= 0.6 is 0 Å². The van der Waals surface area contributed by atoms with Gasteiger partial charge in [0.2, 0.25) is 0 Å². The summed E-state index contributed by atoms with van der Waals surface area (Å²) in [6.07, 6.45) is -2.52. The monoisotopic (exact) mass is 312 g/mol. The lowest BCUT2D eigenvalue weighted by molar-refractivity contribution is -0.384. The number of hydrogen-bond donors (Lipinski definition) is 2. The van der Waals surface area contributed by atoms with E-state index in [4.69, 9.17) is 4.74 Å². The van der Waals surface area contributed by atoms with Crippen LogP contribution in [0.4, 0.5) is 10.5 Å². The molecule has 2 unspecified atom stereocenters. The van der Waals surface area contributed by atoms with Crippen LogP contribution in [0, 0.1) is 10.1 Å². The predicted octanol–water partition coefficient (Wildman–Crippen LogP) is 0.916. The van der Waals surface area contributed by atoms with Gasteiger partial charge in [-0.15, -0.1) is 0 Å². The fourth-order valence-electron chi connectivity index (χ4n) is 1.70. The Morgan fingerprint density at radius 3 is 2.41 bits per heavy atom. The van der Waals surface area contributed by atoms with Gasteiger partial charge in [-0.3, -0.25) is 10.1 Å². The molecule has 0 aromatic heterocycles. The molecule has 0 fully saturated rings. The maximum atomic E-state index is 11.5. The Morgan fingerprint density at radius 2 is 1.95 bits per heavy atom. The summed E-state index contributed by atoms with van der Waals surface area (Å²) < 4.78 is 9.13. The molecule has 1 aromatic carbocycles. The van der Waals surface area contributed by atoms with Crippen LogP contribution in [0.1, 0.15) is 18.5 Å². The van der Waals surface area contributed by atoms with Crippen LogP contribution in [0.2, 0.25) is 0 Å². The minimum atomic E-state index is -1.68. The molecule has 0 aliphatic carbocycles. The topological polar surface area (TPSA) is 128 Å². The number of benzene rings is 1. The van der Waals surface area contributed by atoms with Crippen molar-refractivity contribution in [3.63, 3.8) is 0 Å². The highest BCUT2D eigenvalue weighted by molar-refractivity contribution is 5.77. The molecule has 0 saturated heterocycles. The molecule has 0 saturated carbocycles. The van der Waals surface area contributed by atoms with Gasteiger partial charge in [0.05, 0.1) is 24.7 Å². The third kappa shape index (κ3) is 4.42. The molecule has 2 atom stereocenters. The van der Waals surface area contributed by atoms with Crippen molar-refractivity contribution in [2.24, 2.45) is 0 Å². The van der Waals surface area contributed by atoms with Crippen LogP contribution in [0.3, 0.4) is 0 Å². The normalized spacial score (nSPS) is 12.9. The number of nitrogens with zero attached hydrogens (tertiary/aromatic N) is 1. The van der Waals surface area contributed by atoms with Crippen molar-refractivity contribution in [2.75, 3.05) is 13.7 Å². The third-order valence-corrected chi connectivity index (χ3v) is 2.77. The molecule has 1 rings (SSSR count). The maximum Gasteiger partial charge on any atom is 0.407 e. The standard InChI is InChI=1S/C13H16N2O7/c1-3-22-13(18)14-10(11(16)12(17)21-2)8-4-6-9(7-5-8)15(19)20/h4-7,10-11,16H,3H2,1-2H3,(H,14,18). The van der Waals surface area contributed by atoms with Crippen molar-refractivity contribution in [2.45, 2.75) is 19.1 Å². The van der Waals surface area contributed by atoms with Gasteiger partial charge in [-0.2, -0.15) is 0 Å². The lowest BCUT2D eigenvalue weighted by Gasteiger charge is -2.22. The van der Waals surface area contributed by atoms with E-state index < -0.39 is 29.1 Å². The number of carbonyl (C=O) groups is 2. The quantitative estimate of drug-likeness (QED) is 0.454. The SMILES string of the molecule is CCOC(=O)NC(c1ccc([N+](=O)[O-])cc1)C(O)C(=O)OC. The molecule has 1 aromatic rings. The summed E-state index contributed by atoms with van der Waals surface area (Å²) in [4.78, 5) is 33.0. The molecular formula is C13H16N2O7. The lowest BCUT2D eigenvalue weighted by atomic mass is 10.0. The number of alkyl carbamates (subject to hydrolysis) is 1. The summed E-state index contributed by atoms with van der Waals surface area (Å²) in [5, 5.41) is 22.9.